The van der Waals surface area contributed by atoms with Crippen LogP contribution in [0.2, 0.25) is 0 Å². The molecule has 6 nitrogen and oxygen atoms in total. The van der Waals surface area contributed by atoms with Gasteiger partial charge >= 0.3 is 6.18 Å². The largest absolute Gasteiger partial charge is 0.416 e. The SMILES string of the molecule is COCCNc1nnc(SCC(=O)c2cc(C)n(-c3cccc(C(F)(F)F)c3)c2C)s1. The van der Waals surface area contributed by atoms with Crippen LogP contribution in [0, 0.1) is 13.8 Å². The topological polar surface area (TPSA) is 69.0 Å². The number of ether oxygens (including phenoxy) is 1. The van der Waals surface area contributed by atoms with E-state index in [1.54, 1.807) is 37.7 Å². The Bertz CT molecular complexity index is 1060. The van der Waals surface area contributed by atoms with Gasteiger partial charge in [-0.15, -0.1) is 10.2 Å². The van der Waals surface area contributed by atoms with Gasteiger partial charge in [0.05, 0.1) is 17.9 Å². The van der Waals surface area contributed by atoms with Gasteiger partial charge in [0.15, 0.2) is 10.1 Å². The lowest BCUT2D eigenvalue weighted by molar-refractivity contribution is -0.137. The number of benzene rings is 1. The van der Waals surface area contributed by atoms with Gasteiger partial charge in [-0.05, 0) is 38.1 Å². The monoisotopic (exact) mass is 470 g/mol. The van der Waals surface area contributed by atoms with Crippen molar-refractivity contribution in [1.82, 2.24) is 14.8 Å². The van der Waals surface area contributed by atoms with Crippen molar-refractivity contribution in [2.75, 3.05) is 31.3 Å². The third-order valence-corrected chi connectivity index (χ3v) is 6.49. The molecular weight excluding hydrogens is 449 g/mol. The van der Waals surface area contributed by atoms with Crippen molar-refractivity contribution < 1.29 is 22.7 Å². The molecule has 0 aliphatic carbocycles. The fraction of sp³-hybridized carbons (Fsp3) is 0.350. The number of nitrogens with zero attached hydrogens (tertiary/aromatic N) is 3. The van der Waals surface area contributed by atoms with Gasteiger partial charge in [-0.25, -0.2) is 0 Å². The molecule has 1 aromatic carbocycles. The molecule has 0 amide bonds. The summed E-state index contributed by atoms with van der Waals surface area (Å²) in [7, 11) is 1.61. The molecule has 0 saturated heterocycles. The number of rotatable bonds is 9. The molecule has 0 aliphatic rings. The number of nitrogens with one attached hydrogen (secondary N) is 1. The summed E-state index contributed by atoms with van der Waals surface area (Å²) in [6.45, 7) is 4.64. The van der Waals surface area contributed by atoms with Crippen LogP contribution in [0.3, 0.4) is 0 Å². The number of carbonyl (C=O) groups excluding carboxylic acids is 1. The smallest absolute Gasteiger partial charge is 0.383 e. The molecule has 0 fully saturated rings. The Hall–Kier alpha value is -2.37. The highest BCUT2D eigenvalue weighted by molar-refractivity contribution is 8.01. The highest BCUT2D eigenvalue weighted by atomic mass is 32.2. The van der Waals surface area contributed by atoms with E-state index in [-0.39, 0.29) is 11.5 Å². The van der Waals surface area contributed by atoms with Gasteiger partial charge in [-0.2, -0.15) is 13.2 Å². The Balaban J connectivity index is 1.72. The molecule has 166 valence electrons. The number of halogens is 3. The number of Topliss-reactive ketones (excluding diaryl/α,β-unsaturated/α-hetero) is 1. The lowest BCUT2D eigenvalue weighted by Crippen LogP contribution is -2.08. The second-order valence-electron chi connectivity index (χ2n) is 6.67. The van der Waals surface area contributed by atoms with Gasteiger partial charge < -0.3 is 14.6 Å². The first-order valence-electron chi connectivity index (χ1n) is 9.29. The number of aryl methyl sites for hydroxylation is 1. The van der Waals surface area contributed by atoms with Crippen LogP contribution in [0.1, 0.15) is 27.3 Å². The number of methoxy groups -OCH3 is 1. The van der Waals surface area contributed by atoms with Crippen LogP contribution >= 0.6 is 23.1 Å². The second-order valence-corrected chi connectivity index (χ2v) is 8.87. The van der Waals surface area contributed by atoms with Crippen LogP contribution in [0.15, 0.2) is 34.7 Å². The average Bonchev–Trinajstić information content (AvgIpc) is 3.29. The van der Waals surface area contributed by atoms with Crippen molar-refractivity contribution in [3.8, 4) is 5.69 Å². The van der Waals surface area contributed by atoms with E-state index in [4.69, 9.17) is 4.74 Å². The Morgan fingerprint density at radius 3 is 2.74 bits per heavy atom. The molecule has 2 heterocycles. The molecule has 0 spiro atoms. The van der Waals surface area contributed by atoms with E-state index in [9.17, 15) is 18.0 Å². The summed E-state index contributed by atoms with van der Waals surface area (Å²) in [5.74, 6) is 0.0278. The van der Waals surface area contributed by atoms with Gasteiger partial charge in [-0.1, -0.05) is 29.2 Å². The molecule has 0 radical (unpaired) electrons. The maximum atomic E-state index is 13.1. The van der Waals surface area contributed by atoms with Crippen LogP contribution < -0.4 is 5.32 Å². The van der Waals surface area contributed by atoms with Crippen LogP contribution in [0.4, 0.5) is 18.3 Å². The highest BCUT2D eigenvalue weighted by Crippen LogP contribution is 2.32. The van der Waals surface area contributed by atoms with Crippen LogP contribution in [0.25, 0.3) is 5.69 Å². The molecule has 0 saturated carbocycles. The van der Waals surface area contributed by atoms with Gasteiger partial charge in [0.1, 0.15) is 0 Å². The molecule has 11 heteroatoms. The predicted molar refractivity (Wildman–Crippen MR) is 116 cm³/mol. The normalized spacial score (nSPS) is 11.7. The van der Waals surface area contributed by atoms with Crippen molar-refractivity contribution in [3.63, 3.8) is 0 Å². The lowest BCUT2D eigenvalue weighted by atomic mass is 10.1. The molecule has 1 N–H and O–H groups in total. The fourth-order valence-corrected chi connectivity index (χ4v) is 4.73. The van der Waals surface area contributed by atoms with Crippen LogP contribution in [-0.4, -0.2) is 46.6 Å². The quantitative estimate of drug-likeness (QED) is 0.270. The number of carbonyl (C=O) groups is 1. The van der Waals surface area contributed by atoms with Crippen LogP contribution in [-0.2, 0) is 10.9 Å². The molecular formula is C20H21F3N4O2S2. The second kappa shape index (κ2) is 9.84. The Labute approximate surface area is 185 Å². The number of hydrogen-bond acceptors (Lipinski definition) is 7. The van der Waals surface area contributed by atoms with Gasteiger partial charge in [0, 0.05) is 36.3 Å². The standard InChI is InChI=1S/C20H21F3N4O2S2/c1-12-9-16(13(2)27(12)15-6-4-5-14(10-15)20(21,22)23)17(28)11-30-19-26-25-18(31-19)24-7-8-29-3/h4-6,9-10H,7-8,11H2,1-3H3,(H,24,25). The van der Waals surface area contributed by atoms with E-state index in [1.807, 2.05) is 0 Å². The third-order valence-electron chi connectivity index (χ3n) is 4.48. The zero-order chi connectivity index (χ0) is 22.6. The Kier molecular flexibility index (Phi) is 7.39. The Morgan fingerprint density at radius 1 is 1.26 bits per heavy atom. The van der Waals surface area contributed by atoms with E-state index in [1.165, 1.54) is 29.2 Å². The zero-order valence-electron chi connectivity index (χ0n) is 17.1. The minimum atomic E-state index is -4.43. The number of anilines is 1. The first kappa shape index (κ1) is 23.3. The van der Waals surface area contributed by atoms with Crippen molar-refractivity contribution in [2.24, 2.45) is 0 Å². The molecule has 31 heavy (non-hydrogen) atoms. The number of ketones is 1. The fourth-order valence-electron chi connectivity index (χ4n) is 3.07. The molecule has 0 aliphatic heterocycles. The van der Waals surface area contributed by atoms with Crippen molar-refractivity contribution >= 4 is 34.0 Å². The van der Waals surface area contributed by atoms with E-state index < -0.39 is 11.7 Å². The molecule has 0 atom stereocenters. The minimum absolute atomic E-state index is 0.125. The predicted octanol–water partition coefficient (Wildman–Crippen LogP) is 5.00. The summed E-state index contributed by atoms with van der Waals surface area (Å²) in [4.78, 5) is 12.8. The zero-order valence-corrected chi connectivity index (χ0v) is 18.7. The maximum Gasteiger partial charge on any atom is 0.416 e. The number of thioether (sulfide) groups is 1. The maximum absolute atomic E-state index is 13.1. The summed E-state index contributed by atoms with van der Waals surface area (Å²) in [6.07, 6.45) is -4.43. The van der Waals surface area contributed by atoms with Gasteiger partial charge in [0.25, 0.3) is 0 Å². The molecule has 3 rings (SSSR count). The number of alkyl halides is 3. The molecule has 3 aromatic rings. The average molecular weight is 471 g/mol. The van der Waals surface area contributed by atoms with Crippen molar-refractivity contribution in [2.45, 2.75) is 24.4 Å². The summed E-state index contributed by atoms with van der Waals surface area (Å²) < 4.78 is 46.5. The van der Waals surface area contributed by atoms with Crippen LogP contribution in [0.5, 0.6) is 0 Å². The summed E-state index contributed by atoms with van der Waals surface area (Å²) in [5, 5.41) is 11.8. The Morgan fingerprint density at radius 2 is 2.03 bits per heavy atom. The molecule has 2 aromatic heterocycles. The summed E-state index contributed by atoms with van der Waals surface area (Å²) in [5.41, 5.74) is 1.40. The van der Waals surface area contributed by atoms with E-state index in [0.717, 1.165) is 12.1 Å². The molecule has 0 bridgehead atoms. The lowest BCUT2D eigenvalue weighted by Gasteiger charge is -2.13. The first-order chi connectivity index (χ1) is 14.7. The molecule has 0 unspecified atom stereocenters. The summed E-state index contributed by atoms with van der Waals surface area (Å²) in [6, 6.07) is 6.78. The minimum Gasteiger partial charge on any atom is -0.383 e. The van der Waals surface area contributed by atoms with E-state index in [0.29, 0.717) is 45.3 Å². The highest BCUT2D eigenvalue weighted by Gasteiger charge is 2.30. The number of hydrogen-bond donors (Lipinski definition) is 1. The summed E-state index contributed by atoms with van der Waals surface area (Å²) >= 11 is 2.62. The van der Waals surface area contributed by atoms with Crippen molar-refractivity contribution in [1.29, 1.82) is 0 Å². The van der Waals surface area contributed by atoms with E-state index >= 15 is 0 Å². The van der Waals surface area contributed by atoms with Crippen molar-refractivity contribution in [3.05, 3.63) is 52.8 Å². The first-order valence-corrected chi connectivity index (χ1v) is 11.1. The number of aromatic nitrogens is 3. The van der Waals surface area contributed by atoms with Gasteiger partial charge in [0.2, 0.25) is 5.13 Å². The van der Waals surface area contributed by atoms with Gasteiger partial charge in [-0.3, -0.25) is 4.79 Å². The van der Waals surface area contributed by atoms with E-state index in [2.05, 4.69) is 15.5 Å². The third kappa shape index (κ3) is 5.66.